The van der Waals surface area contributed by atoms with Gasteiger partial charge >= 0.3 is 0 Å². The third-order valence-electron chi connectivity index (χ3n) is 17.8. The fraction of sp³-hybridized carbons (Fsp3) is 0.246. The molecule has 74 heavy (non-hydrogen) atoms. The zero-order valence-corrected chi connectivity index (χ0v) is 44.2. The van der Waals surface area contributed by atoms with Crippen LogP contribution in [0.3, 0.4) is 0 Å². The molecule has 0 unspecified atom stereocenters. The lowest BCUT2D eigenvalue weighted by atomic mass is 9.57. The molecule has 1 radical (unpaired) electrons. The molecule has 4 nitrogen and oxygen atoms in total. The van der Waals surface area contributed by atoms with Crippen LogP contribution >= 0.6 is 0 Å². The number of hydrogen-bond donors (Lipinski definition) is 1. The van der Waals surface area contributed by atoms with E-state index in [1.54, 1.807) is 0 Å². The van der Waals surface area contributed by atoms with Crippen LogP contribution in [0.1, 0.15) is 109 Å². The van der Waals surface area contributed by atoms with E-state index in [1.807, 2.05) is 0 Å². The predicted molar refractivity (Wildman–Crippen MR) is 314 cm³/mol. The Morgan fingerprint density at radius 2 is 1.00 bits per heavy atom. The van der Waals surface area contributed by atoms with Crippen LogP contribution in [0.5, 0.6) is 0 Å². The molecule has 2 aliphatic carbocycles. The number of aryl methyl sites for hydroxylation is 1. The smallest absolute Gasteiger partial charge is 0.197 e. The Morgan fingerprint density at radius 1 is 0.446 bits per heavy atom. The molecule has 0 atom stereocenters. The van der Waals surface area contributed by atoms with E-state index in [4.69, 9.17) is 8.83 Å². The van der Waals surface area contributed by atoms with Crippen molar-refractivity contribution < 1.29 is 8.83 Å². The largest absolute Gasteiger partial charge is 0.456 e. The highest BCUT2D eigenvalue weighted by Gasteiger charge is 2.40. The van der Waals surface area contributed by atoms with Crippen LogP contribution in [0.4, 0.5) is 28.4 Å². The fourth-order valence-corrected chi connectivity index (χ4v) is 13.2. The van der Waals surface area contributed by atoms with Gasteiger partial charge in [-0.3, -0.25) is 0 Å². The van der Waals surface area contributed by atoms with Crippen LogP contribution in [0.2, 0.25) is 0 Å². The van der Waals surface area contributed by atoms with Crippen molar-refractivity contribution in [2.75, 3.05) is 10.2 Å². The van der Waals surface area contributed by atoms with Gasteiger partial charge in [-0.2, -0.15) is 0 Å². The Hall–Kier alpha value is -7.50. The molecule has 0 bridgehead atoms. The second kappa shape index (κ2) is 15.8. The molecule has 14 rings (SSSR count). The van der Waals surface area contributed by atoms with E-state index < -0.39 is 0 Å². The van der Waals surface area contributed by atoms with Crippen molar-refractivity contribution in [3.63, 3.8) is 0 Å². The maximum Gasteiger partial charge on any atom is 0.197 e. The third-order valence-corrected chi connectivity index (χ3v) is 17.8. The number of furan rings is 2. The molecule has 0 fully saturated rings. The Morgan fingerprint density at radius 3 is 1.66 bits per heavy atom. The maximum atomic E-state index is 7.01. The number of fused-ring (bicyclic) bond motifs is 11. The lowest BCUT2D eigenvalue weighted by Gasteiger charge is -2.41. The van der Waals surface area contributed by atoms with E-state index >= 15 is 0 Å². The molecule has 2 aromatic heterocycles. The molecule has 3 aliphatic rings. The minimum absolute atomic E-state index is 0.0703. The summed E-state index contributed by atoms with van der Waals surface area (Å²) >= 11 is 0. The summed E-state index contributed by atoms with van der Waals surface area (Å²) in [5, 5.41) is 11.0. The molecule has 0 saturated carbocycles. The Balaban J connectivity index is 0.983. The summed E-state index contributed by atoms with van der Waals surface area (Å²) in [6.07, 6.45) is 4.63. The lowest BCUT2D eigenvalue weighted by molar-refractivity contribution is 0.332. The molecule has 3 heterocycles. The number of hydrogen-bond acceptors (Lipinski definition) is 4. The topological polar surface area (TPSA) is 41.5 Å². The van der Waals surface area contributed by atoms with Gasteiger partial charge in [0.15, 0.2) is 7.28 Å². The monoisotopic (exact) mass is 961 g/mol. The summed E-state index contributed by atoms with van der Waals surface area (Å²) < 4.78 is 14.0. The second-order valence-electron chi connectivity index (χ2n) is 24.6. The SMILES string of the molecule is Cc1cc(-c2ccc3ccccc3c2Nc2ccc(-c3ccccc3)cc2)c2c(c1)N(c1ccc3c(c1)oc1cc4c(cc13)C(C)(C)CCC4(C)C)c1cc3oc4cc5c(cc4c3cc1[B]2)C(C)(C)CCC5(C)C. The normalized spacial score (nSPS) is 17.0. The summed E-state index contributed by atoms with van der Waals surface area (Å²) in [5.41, 5.74) is 23.2. The Labute approximate surface area is 435 Å². The van der Waals surface area contributed by atoms with Gasteiger partial charge < -0.3 is 19.1 Å². The Bertz CT molecular complexity index is 4150. The standard InChI is InChI=1S/C69H62BN2O2/c1-40-31-52(48-25-21-43-17-13-14-18-46(43)65(48)71-44-22-19-42(20-23-44)41-15-11-10-12-16-41)64-59(32-40)72(45-24-26-47-49-34-53-55(37-61(49)73-60(47)33-45)68(6,7)29-27-66(53,2)3)58-39-63-51(36-57(58)70-64)50-35-54-56(38-62(50)74-63)69(8,9)30-28-67(54,4)5/h10-26,31-39,71H,27-30H2,1-9H3. The van der Waals surface area contributed by atoms with Gasteiger partial charge in [0.2, 0.25) is 0 Å². The number of anilines is 5. The molecule has 11 aromatic rings. The van der Waals surface area contributed by atoms with E-state index in [1.165, 1.54) is 72.5 Å². The highest BCUT2D eigenvalue weighted by Crippen LogP contribution is 2.51. The first kappa shape index (κ1) is 45.1. The van der Waals surface area contributed by atoms with E-state index in [2.05, 4.69) is 238 Å². The summed E-state index contributed by atoms with van der Waals surface area (Å²) in [5.74, 6) is 0. The van der Waals surface area contributed by atoms with Gasteiger partial charge in [-0.1, -0.05) is 152 Å². The summed E-state index contributed by atoms with van der Waals surface area (Å²) in [4.78, 5) is 2.46. The first-order valence-corrected chi connectivity index (χ1v) is 26.8. The minimum atomic E-state index is 0.0703. The molecule has 363 valence electrons. The van der Waals surface area contributed by atoms with Gasteiger partial charge in [-0.25, -0.2) is 0 Å². The van der Waals surface area contributed by atoms with Crippen molar-refractivity contribution >= 4 is 101 Å². The highest BCUT2D eigenvalue weighted by molar-refractivity contribution is 6.73. The van der Waals surface area contributed by atoms with Crippen LogP contribution in [0.15, 0.2) is 167 Å². The Kier molecular flexibility index (Phi) is 9.62. The summed E-state index contributed by atoms with van der Waals surface area (Å²) in [6.45, 7) is 21.4. The number of nitrogens with one attached hydrogen (secondary N) is 1. The van der Waals surface area contributed by atoms with E-state index in [9.17, 15) is 0 Å². The van der Waals surface area contributed by atoms with E-state index in [-0.39, 0.29) is 21.7 Å². The van der Waals surface area contributed by atoms with Gasteiger partial charge in [-0.15, -0.1) is 0 Å². The summed E-state index contributed by atoms with van der Waals surface area (Å²) in [7, 11) is 2.43. The highest BCUT2D eigenvalue weighted by atomic mass is 16.3. The van der Waals surface area contributed by atoms with E-state index in [0.717, 1.165) is 97.3 Å². The predicted octanol–water partition coefficient (Wildman–Crippen LogP) is 18.2. The molecule has 1 aliphatic heterocycles. The van der Waals surface area contributed by atoms with Crippen LogP contribution in [-0.4, -0.2) is 7.28 Å². The van der Waals surface area contributed by atoms with Crippen LogP contribution < -0.4 is 21.1 Å². The molecular weight excluding hydrogens is 900 g/mol. The van der Waals surface area contributed by atoms with Gasteiger partial charge in [0.25, 0.3) is 0 Å². The molecule has 0 saturated heterocycles. The van der Waals surface area contributed by atoms with Crippen molar-refractivity contribution in [3.05, 3.63) is 186 Å². The van der Waals surface area contributed by atoms with Crippen molar-refractivity contribution in [1.29, 1.82) is 0 Å². The second-order valence-corrected chi connectivity index (χ2v) is 24.6. The molecule has 9 aromatic carbocycles. The number of rotatable bonds is 5. The van der Waals surface area contributed by atoms with Gasteiger partial charge in [-0.05, 0) is 164 Å². The molecule has 0 amide bonds. The van der Waals surface area contributed by atoms with Gasteiger partial charge in [0.05, 0.1) is 5.69 Å². The summed E-state index contributed by atoms with van der Waals surface area (Å²) in [6, 6.07) is 58.7. The van der Waals surface area contributed by atoms with Crippen molar-refractivity contribution in [1.82, 2.24) is 0 Å². The first-order valence-electron chi connectivity index (χ1n) is 26.8. The van der Waals surface area contributed by atoms with Gasteiger partial charge in [0, 0.05) is 67.4 Å². The number of benzene rings is 9. The zero-order valence-electron chi connectivity index (χ0n) is 44.2. The van der Waals surface area contributed by atoms with Crippen LogP contribution in [0, 0.1) is 6.92 Å². The lowest BCUT2D eigenvalue weighted by Crippen LogP contribution is -2.41. The fourth-order valence-electron chi connectivity index (χ4n) is 13.2. The molecular formula is C69H62BN2O2. The first-order chi connectivity index (χ1) is 35.5. The average molecular weight is 962 g/mol. The average Bonchev–Trinajstić information content (AvgIpc) is 3.94. The quantitative estimate of drug-likeness (QED) is 0.175. The maximum absolute atomic E-state index is 7.01. The van der Waals surface area contributed by atoms with Crippen molar-refractivity contribution in [2.45, 2.75) is 110 Å². The molecule has 1 N–H and O–H groups in total. The zero-order chi connectivity index (χ0) is 50.6. The van der Waals surface area contributed by atoms with Crippen LogP contribution in [0.25, 0.3) is 76.9 Å². The number of nitrogens with zero attached hydrogens (tertiary/aromatic N) is 1. The van der Waals surface area contributed by atoms with Crippen LogP contribution in [-0.2, 0) is 21.7 Å². The van der Waals surface area contributed by atoms with Crippen molar-refractivity contribution in [2.24, 2.45) is 0 Å². The van der Waals surface area contributed by atoms with Crippen molar-refractivity contribution in [3.8, 4) is 22.3 Å². The van der Waals surface area contributed by atoms with Gasteiger partial charge in [0.1, 0.15) is 22.3 Å². The third kappa shape index (κ3) is 6.95. The molecule has 0 spiro atoms. The van der Waals surface area contributed by atoms with E-state index in [0.29, 0.717) is 0 Å². The molecule has 5 heteroatoms. The minimum Gasteiger partial charge on any atom is -0.456 e.